The molecule has 2 aromatic rings. The number of halogens is 1. The molecule has 2 amide bonds. The molecule has 0 saturated carbocycles. The van der Waals surface area contributed by atoms with E-state index in [0.717, 1.165) is 5.56 Å². The summed E-state index contributed by atoms with van der Waals surface area (Å²) >= 11 is 7.27. The Hall–Kier alpha value is -1.99. The summed E-state index contributed by atoms with van der Waals surface area (Å²) in [6.45, 7) is 0. The fourth-order valence-corrected chi connectivity index (χ4v) is 3.32. The fraction of sp³-hybridized carbons (Fsp3) is 0.286. The molecular formula is C14H13ClN4O2S. The Bertz CT molecular complexity index is 707. The van der Waals surface area contributed by atoms with E-state index < -0.39 is 5.92 Å². The van der Waals surface area contributed by atoms with Crippen LogP contribution in [0.2, 0.25) is 5.02 Å². The van der Waals surface area contributed by atoms with Crippen LogP contribution in [0.1, 0.15) is 18.0 Å². The van der Waals surface area contributed by atoms with Crippen LogP contribution in [0.25, 0.3) is 0 Å². The van der Waals surface area contributed by atoms with E-state index in [4.69, 9.17) is 11.6 Å². The van der Waals surface area contributed by atoms with Crippen molar-refractivity contribution in [3.63, 3.8) is 0 Å². The number of hydrogen-bond donors (Lipinski definition) is 1. The van der Waals surface area contributed by atoms with Crippen molar-refractivity contribution in [3.8, 4) is 0 Å². The highest BCUT2D eigenvalue weighted by Crippen LogP contribution is 2.38. The van der Waals surface area contributed by atoms with Crippen LogP contribution in [0.4, 0.5) is 5.13 Å². The maximum absolute atomic E-state index is 12.5. The molecule has 2 atom stereocenters. The molecule has 0 radical (unpaired) electrons. The van der Waals surface area contributed by atoms with E-state index >= 15 is 0 Å². The Morgan fingerprint density at radius 2 is 2.32 bits per heavy atom. The first kappa shape index (κ1) is 14.9. The van der Waals surface area contributed by atoms with Gasteiger partial charge in [0.25, 0.3) is 0 Å². The van der Waals surface area contributed by atoms with Crippen LogP contribution < -0.4 is 5.32 Å². The van der Waals surface area contributed by atoms with Crippen molar-refractivity contribution in [3.05, 3.63) is 40.4 Å². The monoisotopic (exact) mass is 336 g/mol. The number of anilines is 1. The minimum absolute atomic E-state index is 0.0672. The SMILES string of the molecule is CN1C(=O)CC(C(=O)Nc2nncs2)C1c1cccc(Cl)c1. The van der Waals surface area contributed by atoms with Gasteiger partial charge in [0, 0.05) is 18.5 Å². The third-order valence-corrected chi connectivity index (χ3v) is 4.55. The highest BCUT2D eigenvalue weighted by atomic mass is 35.5. The van der Waals surface area contributed by atoms with Crippen molar-refractivity contribution < 1.29 is 9.59 Å². The molecule has 1 aliphatic heterocycles. The molecule has 2 heterocycles. The Morgan fingerprint density at radius 1 is 1.50 bits per heavy atom. The second-order valence-electron chi connectivity index (χ2n) is 5.05. The molecule has 1 N–H and O–H groups in total. The van der Waals surface area contributed by atoms with Crippen molar-refractivity contribution in [1.82, 2.24) is 15.1 Å². The molecule has 0 bridgehead atoms. The Morgan fingerprint density at radius 3 is 3.00 bits per heavy atom. The minimum Gasteiger partial charge on any atom is -0.338 e. The summed E-state index contributed by atoms with van der Waals surface area (Å²) in [6, 6.07) is 6.90. The molecule has 3 rings (SSSR count). The largest absolute Gasteiger partial charge is 0.338 e. The summed E-state index contributed by atoms with van der Waals surface area (Å²) in [5.74, 6) is -0.790. The molecular weight excluding hydrogens is 324 g/mol. The van der Waals surface area contributed by atoms with Gasteiger partial charge in [-0.1, -0.05) is 35.1 Å². The molecule has 1 aromatic carbocycles. The van der Waals surface area contributed by atoms with Crippen molar-refractivity contribution in [1.29, 1.82) is 0 Å². The molecule has 22 heavy (non-hydrogen) atoms. The van der Waals surface area contributed by atoms with Gasteiger partial charge in [-0.15, -0.1) is 10.2 Å². The van der Waals surface area contributed by atoms with Gasteiger partial charge >= 0.3 is 0 Å². The van der Waals surface area contributed by atoms with Gasteiger partial charge in [0.2, 0.25) is 16.9 Å². The second kappa shape index (κ2) is 6.02. The smallest absolute Gasteiger partial charge is 0.232 e. The van der Waals surface area contributed by atoms with Crippen LogP contribution in [0.3, 0.4) is 0 Å². The molecule has 2 unspecified atom stereocenters. The first-order valence-corrected chi connectivity index (χ1v) is 7.90. The standard InChI is InChI=1S/C14H13ClN4O2S/c1-19-11(20)6-10(13(21)17-14-18-16-7-22-14)12(19)8-3-2-4-9(15)5-8/h2-5,7,10,12H,6H2,1H3,(H,17,18,21). The number of rotatable bonds is 3. The van der Waals surface area contributed by atoms with Gasteiger partial charge in [0.05, 0.1) is 12.0 Å². The van der Waals surface area contributed by atoms with E-state index in [1.165, 1.54) is 16.8 Å². The number of amides is 2. The summed E-state index contributed by atoms with van der Waals surface area (Å²) in [7, 11) is 1.70. The fourth-order valence-electron chi connectivity index (χ4n) is 2.68. The lowest BCUT2D eigenvalue weighted by Gasteiger charge is -2.24. The van der Waals surface area contributed by atoms with Gasteiger partial charge in [-0.3, -0.25) is 9.59 Å². The molecule has 6 nitrogen and oxygen atoms in total. The number of aromatic nitrogens is 2. The Labute approximate surface area is 136 Å². The van der Waals surface area contributed by atoms with E-state index in [1.807, 2.05) is 12.1 Å². The zero-order valence-corrected chi connectivity index (χ0v) is 13.3. The first-order chi connectivity index (χ1) is 10.6. The molecule has 0 spiro atoms. The third kappa shape index (κ3) is 2.82. The normalized spacial score (nSPS) is 21.2. The van der Waals surface area contributed by atoms with Crippen molar-refractivity contribution in [2.75, 3.05) is 12.4 Å². The minimum atomic E-state index is -0.486. The van der Waals surface area contributed by atoms with Crippen LogP contribution in [-0.4, -0.2) is 34.0 Å². The predicted octanol–water partition coefficient (Wildman–Crippen LogP) is 2.35. The summed E-state index contributed by atoms with van der Waals surface area (Å²) in [6.07, 6.45) is 0.165. The number of likely N-dealkylation sites (tertiary alicyclic amines) is 1. The predicted molar refractivity (Wildman–Crippen MR) is 83.6 cm³/mol. The lowest BCUT2D eigenvalue weighted by atomic mass is 9.93. The van der Waals surface area contributed by atoms with Crippen LogP contribution >= 0.6 is 22.9 Å². The number of nitrogens with zero attached hydrogens (tertiary/aromatic N) is 3. The maximum atomic E-state index is 12.5. The van der Waals surface area contributed by atoms with E-state index in [9.17, 15) is 9.59 Å². The van der Waals surface area contributed by atoms with Crippen molar-refractivity contribution in [2.45, 2.75) is 12.5 Å². The highest BCUT2D eigenvalue weighted by molar-refractivity contribution is 7.13. The summed E-state index contributed by atoms with van der Waals surface area (Å²) in [5, 5.41) is 11.2. The number of hydrogen-bond acceptors (Lipinski definition) is 5. The van der Waals surface area contributed by atoms with E-state index in [0.29, 0.717) is 10.2 Å². The molecule has 114 valence electrons. The van der Waals surface area contributed by atoms with Crippen LogP contribution in [0, 0.1) is 5.92 Å². The van der Waals surface area contributed by atoms with Crippen LogP contribution in [-0.2, 0) is 9.59 Å². The Kier molecular flexibility index (Phi) is 4.08. The molecule has 1 saturated heterocycles. The zero-order chi connectivity index (χ0) is 15.7. The number of carbonyl (C=O) groups is 2. The van der Waals surface area contributed by atoms with Crippen molar-refractivity contribution >= 4 is 39.9 Å². The van der Waals surface area contributed by atoms with E-state index in [-0.39, 0.29) is 24.3 Å². The summed E-state index contributed by atoms with van der Waals surface area (Å²) in [5.41, 5.74) is 2.38. The Balaban J connectivity index is 1.88. The third-order valence-electron chi connectivity index (χ3n) is 3.70. The van der Waals surface area contributed by atoms with Gasteiger partial charge in [0.15, 0.2) is 0 Å². The first-order valence-electron chi connectivity index (χ1n) is 6.64. The van der Waals surface area contributed by atoms with Gasteiger partial charge in [-0.2, -0.15) is 0 Å². The van der Waals surface area contributed by atoms with E-state index in [1.54, 1.807) is 24.1 Å². The van der Waals surface area contributed by atoms with Gasteiger partial charge in [-0.25, -0.2) is 0 Å². The van der Waals surface area contributed by atoms with Crippen molar-refractivity contribution in [2.24, 2.45) is 5.92 Å². The second-order valence-corrected chi connectivity index (χ2v) is 6.32. The lowest BCUT2D eigenvalue weighted by Crippen LogP contribution is -2.30. The number of carbonyl (C=O) groups excluding carboxylic acids is 2. The van der Waals surface area contributed by atoms with Gasteiger partial charge in [-0.05, 0) is 17.7 Å². The zero-order valence-electron chi connectivity index (χ0n) is 11.7. The number of nitrogens with one attached hydrogen (secondary N) is 1. The van der Waals surface area contributed by atoms with E-state index in [2.05, 4.69) is 15.5 Å². The highest BCUT2D eigenvalue weighted by Gasteiger charge is 2.42. The quantitative estimate of drug-likeness (QED) is 0.933. The maximum Gasteiger partial charge on any atom is 0.232 e. The van der Waals surface area contributed by atoms with Crippen LogP contribution in [0.5, 0.6) is 0 Å². The average molecular weight is 337 g/mol. The molecule has 1 aromatic heterocycles. The molecule has 0 aliphatic carbocycles. The molecule has 8 heteroatoms. The summed E-state index contributed by atoms with van der Waals surface area (Å²) in [4.78, 5) is 26.1. The average Bonchev–Trinajstić information content (AvgIpc) is 3.08. The topological polar surface area (TPSA) is 75.2 Å². The number of benzene rings is 1. The summed E-state index contributed by atoms with van der Waals surface area (Å²) < 4.78 is 0. The molecule has 1 aliphatic rings. The van der Waals surface area contributed by atoms with Gasteiger partial charge in [0.1, 0.15) is 5.51 Å². The lowest BCUT2D eigenvalue weighted by molar-refractivity contribution is -0.127. The molecule has 1 fully saturated rings. The van der Waals surface area contributed by atoms with Gasteiger partial charge < -0.3 is 10.2 Å². The van der Waals surface area contributed by atoms with Crippen LogP contribution in [0.15, 0.2) is 29.8 Å².